The normalized spacial score (nSPS) is 10.4. The Labute approximate surface area is 130 Å². The summed E-state index contributed by atoms with van der Waals surface area (Å²) in [5, 5.41) is 20.1. The van der Waals surface area contributed by atoms with E-state index in [9.17, 15) is 19.8 Å². The van der Waals surface area contributed by atoms with Crippen LogP contribution in [0, 0.1) is 0 Å². The van der Waals surface area contributed by atoms with Crippen molar-refractivity contribution in [3.05, 3.63) is 23.7 Å². The molecule has 6 nitrogen and oxygen atoms in total. The molecule has 0 aliphatic carbocycles. The Hall–Kier alpha value is -0.720. The van der Waals surface area contributed by atoms with E-state index in [1.807, 2.05) is 0 Å². The fourth-order valence-corrected chi connectivity index (χ4v) is 0.450. The van der Waals surface area contributed by atoms with Gasteiger partial charge in [0, 0.05) is 12.2 Å². The second kappa shape index (κ2) is 13.3. The van der Waals surface area contributed by atoms with Gasteiger partial charge in [0.25, 0.3) is 0 Å². The Morgan fingerprint density at radius 2 is 1.12 bits per heavy atom. The number of ether oxygens (including phenoxy) is 2. The molecule has 7 heteroatoms. The number of allylic oxidation sites excluding steroid dienone is 2. The molecule has 0 atom stereocenters. The minimum absolute atomic E-state index is 0. The quantitative estimate of drug-likeness (QED) is 0.261. The average molecular weight is 270 g/mol. The van der Waals surface area contributed by atoms with Gasteiger partial charge in [-0.15, -0.1) is 11.5 Å². The van der Waals surface area contributed by atoms with Gasteiger partial charge in [0.05, 0.1) is 14.2 Å². The van der Waals surface area contributed by atoms with Crippen molar-refractivity contribution in [2.45, 2.75) is 13.8 Å². The number of methoxy groups -OCH3 is 2. The summed E-state index contributed by atoms with van der Waals surface area (Å²) in [6.07, 6.45) is 1.78. The molecule has 0 spiro atoms. The molecule has 0 N–H and O–H groups in total. The van der Waals surface area contributed by atoms with E-state index in [1.165, 1.54) is 28.1 Å². The Morgan fingerprint density at radius 3 is 1.18 bits per heavy atom. The van der Waals surface area contributed by atoms with Gasteiger partial charge in [-0.05, 0) is 0 Å². The summed E-state index contributed by atoms with van der Waals surface area (Å²) in [7, 11) is 2.45. The first kappa shape index (κ1) is 21.6. The Balaban J connectivity index is -0.000000218. The van der Waals surface area contributed by atoms with Gasteiger partial charge in [0.15, 0.2) is 0 Å². The van der Waals surface area contributed by atoms with Crippen LogP contribution in [-0.2, 0) is 19.1 Å². The summed E-state index contributed by atoms with van der Waals surface area (Å²) < 4.78 is 8.29. The van der Waals surface area contributed by atoms with Crippen molar-refractivity contribution in [1.29, 1.82) is 0 Å². The van der Waals surface area contributed by atoms with E-state index >= 15 is 0 Å². The van der Waals surface area contributed by atoms with Gasteiger partial charge >= 0.3 is 49.7 Å². The zero-order valence-corrected chi connectivity index (χ0v) is 12.5. The van der Waals surface area contributed by atoms with Crippen LogP contribution in [0.3, 0.4) is 0 Å². The van der Waals surface area contributed by atoms with Crippen LogP contribution in [0.1, 0.15) is 13.8 Å². The van der Waals surface area contributed by atoms with Crippen LogP contribution in [-0.4, -0.2) is 63.9 Å². The third-order valence-electron chi connectivity index (χ3n) is 1.04. The first-order valence-corrected chi connectivity index (χ1v) is 4.20. The van der Waals surface area contributed by atoms with Crippen LogP contribution in [0.2, 0.25) is 0 Å². The van der Waals surface area contributed by atoms with Gasteiger partial charge in [-0.1, -0.05) is 13.8 Å². The fourth-order valence-electron chi connectivity index (χ4n) is 0.450. The van der Waals surface area contributed by atoms with E-state index < -0.39 is 11.9 Å². The summed E-state index contributed by atoms with van der Waals surface area (Å²) in [6, 6.07) is 0. The third-order valence-corrected chi connectivity index (χ3v) is 1.04. The van der Waals surface area contributed by atoms with E-state index in [0.29, 0.717) is 0 Å². The summed E-state index contributed by atoms with van der Waals surface area (Å²) in [5.74, 6) is -1.79. The molecule has 0 saturated heterocycles. The van der Waals surface area contributed by atoms with Gasteiger partial charge in [-0.25, -0.2) is 9.59 Å². The van der Waals surface area contributed by atoms with E-state index in [4.69, 9.17) is 0 Å². The van der Waals surface area contributed by atoms with Crippen molar-refractivity contribution in [3.63, 3.8) is 0 Å². The predicted octanol–water partition coefficient (Wildman–Crippen LogP) is -1.53. The zero-order valence-electron chi connectivity index (χ0n) is 10.3. The van der Waals surface area contributed by atoms with Crippen molar-refractivity contribution in [1.82, 2.24) is 0 Å². The Bertz CT molecular complexity index is 257. The smallest absolute Gasteiger partial charge is 0.875 e. The molecule has 0 aromatic carbocycles. The molecule has 92 valence electrons. The molecule has 0 aromatic rings. The molecule has 0 rings (SSSR count). The number of hydrogen-bond donors (Lipinski definition) is 0. The number of hydrogen-bond acceptors (Lipinski definition) is 6. The Morgan fingerprint density at radius 1 is 0.882 bits per heavy atom. The second-order valence-corrected chi connectivity index (χ2v) is 2.56. The number of rotatable bonds is 2. The van der Waals surface area contributed by atoms with Crippen LogP contribution in [0.5, 0.6) is 0 Å². The van der Waals surface area contributed by atoms with Gasteiger partial charge in [-0.3, -0.25) is 0 Å². The molecule has 0 saturated carbocycles. The fraction of sp³-hybridized carbons (Fsp3) is 0.400. The topological polar surface area (TPSA) is 98.7 Å². The molecule has 0 aliphatic heterocycles. The number of esters is 2. The SMILES string of the molecule is COC(=O)/C=C(/C)[O-].COC(=O)/C=C(/C)[O-].[Ca+2]. The first-order chi connectivity index (χ1) is 7.33. The van der Waals surface area contributed by atoms with Gasteiger partial charge < -0.3 is 19.7 Å². The maximum absolute atomic E-state index is 10.1. The van der Waals surface area contributed by atoms with Crippen molar-refractivity contribution in [2.75, 3.05) is 14.2 Å². The molecular weight excluding hydrogens is 256 g/mol. The van der Waals surface area contributed by atoms with Gasteiger partial charge in [0.2, 0.25) is 0 Å². The van der Waals surface area contributed by atoms with Crippen LogP contribution in [0.25, 0.3) is 0 Å². The molecule has 0 amide bonds. The van der Waals surface area contributed by atoms with Gasteiger partial charge in [-0.2, -0.15) is 0 Å². The summed E-state index contributed by atoms with van der Waals surface area (Å²) in [4.78, 5) is 20.2. The third kappa shape index (κ3) is 21.2. The van der Waals surface area contributed by atoms with Gasteiger partial charge in [0.1, 0.15) is 0 Å². The molecule has 0 aliphatic rings. The van der Waals surface area contributed by atoms with Crippen molar-refractivity contribution in [3.8, 4) is 0 Å². The molecule has 0 bridgehead atoms. The van der Waals surface area contributed by atoms with E-state index in [2.05, 4.69) is 9.47 Å². The second-order valence-electron chi connectivity index (χ2n) is 2.56. The summed E-state index contributed by atoms with van der Waals surface area (Å²) in [5.41, 5.74) is 0. The number of carbonyl (C=O) groups excluding carboxylic acids is 2. The molecule has 0 radical (unpaired) electrons. The monoisotopic (exact) mass is 270 g/mol. The van der Waals surface area contributed by atoms with Crippen molar-refractivity contribution < 1.29 is 29.3 Å². The first-order valence-electron chi connectivity index (χ1n) is 4.20. The van der Waals surface area contributed by atoms with Crippen LogP contribution in [0.4, 0.5) is 0 Å². The maximum Gasteiger partial charge on any atom is 2.00 e. The number of carbonyl (C=O) groups is 2. The average Bonchev–Trinajstić information content (AvgIpc) is 2.16. The standard InChI is InChI=1S/2C5H8O3.Ca/c2*1-4(6)3-5(7)8-2;/h2*3,6H,1-2H3;/q;;+2/p-2/b2*4-3-;. The van der Waals surface area contributed by atoms with E-state index in [0.717, 1.165) is 12.2 Å². The maximum atomic E-state index is 10.1. The predicted molar refractivity (Wildman–Crippen MR) is 57.3 cm³/mol. The molecule has 0 aromatic heterocycles. The van der Waals surface area contributed by atoms with Crippen LogP contribution < -0.4 is 10.2 Å². The zero-order chi connectivity index (χ0) is 13.1. The molecule has 17 heavy (non-hydrogen) atoms. The van der Waals surface area contributed by atoms with E-state index in [-0.39, 0.29) is 49.3 Å². The molecular formula is C10H14CaO6. The molecule has 0 fully saturated rings. The largest absolute Gasteiger partial charge is 2.00 e. The molecule has 0 heterocycles. The van der Waals surface area contributed by atoms with Crippen molar-refractivity contribution in [2.24, 2.45) is 0 Å². The molecule has 0 unspecified atom stereocenters. The minimum Gasteiger partial charge on any atom is -0.875 e. The van der Waals surface area contributed by atoms with E-state index in [1.54, 1.807) is 0 Å². The van der Waals surface area contributed by atoms with Crippen LogP contribution >= 0.6 is 0 Å². The summed E-state index contributed by atoms with van der Waals surface area (Å²) >= 11 is 0. The summed E-state index contributed by atoms with van der Waals surface area (Å²) in [6.45, 7) is 2.58. The Kier molecular flexibility index (Phi) is 16.9. The minimum atomic E-state index is -0.600. The van der Waals surface area contributed by atoms with Crippen LogP contribution in [0.15, 0.2) is 23.7 Å². The van der Waals surface area contributed by atoms with Crippen molar-refractivity contribution >= 4 is 49.7 Å².